The van der Waals surface area contributed by atoms with Gasteiger partial charge in [0.15, 0.2) is 0 Å². The maximum Gasteiger partial charge on any atom is 0.115 e. The molecule has 1 aromatic heterocycles. The van der Waals surface area contributed by atoms with E-state index in [1.165, 1.54) is 6.33 Å². The molecular formula is C9H15N3O. The molecule has 1 unspecified atom stereocenters. The van der Waals surface area contributed by atoms with Gasteiger partial charge >= 0.3 is 0 Å². The summed E-state index contributed by atoms with van der Waals surface area (Å²) in [7, 11) is 0. The lowest BCUT2D eigenvalue weighted by molar-refractivity contribution is 0.265. The van der Waals surface area contributed by atoms with Crippen LogP contribution in [0.2, 0.25) is 0 Å². The van der Waals surface area contributed by atoms with Crippen LogP contribution in [0, 0.1) is 0 Å². The summed E-state index contributed by atoms with van der Waals surface area (Å²) in [6.45, 7) is 2.48. The lowest BCUT2D eigenvalue weighted by Gasteiger charge is -2.10. The van der Waals surface area contributed by atoms with E-state index < -0.39 is 0 Å². The molecule has 0 saturated carbocycles. The van der Waals surface area contributed by atoms with Crippen molar-refractivity contribution in [2.75, 3.05) is 13.2 Å². The SMILES string of the molecule is CCc1cc(C(CN)CO)ncn1. The molecule has 3 N–H and O–H groups in total. The van der Waals surface area contributed by atoms with E-state index in [2.05, 4.69) is 9.97 Å². The van der Waals surface area contributed by atoms with Crippen LogP contribution in [0.3, 0.4) is 0 Å². The normalized spacial score (nSPS) is 12.8. The lowest BCUT2D eigenvalue weighted by atomic mass is 10.1. The standard InChI is InChI=1S/C9H15N3O/c1-2-8-3-9(12-6-11-8)7(4-10)5-13/h3,6-7,13H,2,4-5,10H2,1H3. The van der Waals surface area contributed by atoms with Crippen molar-refractivity contribution >= 4 is 0 Å². The van der Waals surface area contributed by atoms with Gasteiger partial charge in [0.2, 0.25) is 0 Å². The first-order chi connectivity index (χ1) is 6.31. The Hall–Kier alpha value is -1.00. The predicted octanol–water partition coefficient (Wildman–Crippen LogP) is 0.0736. The number of aryl methyl sites for hydroxylation is 1. The summed E-state index contributed by atoms with van der Waals surface area (Å²) >= 11 is 0. The zero-order valence-electron chi connectivity index (χ0n) is 7.77. The van der Waals surface area contributed by atoms with Gasteiger partial charge in [-0.15, -0.1) is 0 Å². The topological polar surface area (TPSA) is 72.0 Å². The number of aliphatic hydroxyl groups is 1. The van der Waals surface area contributed by atoms with Crippen molar-refractivity contribution in [3.05, 3.63) is 23.8 Å². The number of nitrogens with two attached hydrogens (primary N) is 1. The van der Waals surface area contributed by atoms with E-state index in [1.807, 2.05) is 13.0 Å². The van der Waals surface area contributed by atoms with Crippen LogP contribution in [0.25, 0.3) is 0 Å². The Morgan fingerprint density at radius 1 is 1.54 bits per heavy atom. The number of hydrogen-bond acceptors (Lipinski definition) is 4. The van der Waals surface area contributed by atoms with E-state index in [0.717, 1.165) is 17.8 Å². The van der Waals surface area contributed by atoms with Crippen molar-refractivity contribution in [3.8, 4) is 0 Å². The molecule has 13 heavy (non-hydrogen) atoms. The zero-order valence-corrected chi connectivity index (χ0v) is 7.77. The van der Waals surface area contributed by atoms with Crippen molar-refractivity contribution in [1.29, 1.82) is 0 Å². The molecule has 0 fully saturated rings. The minimum Gasteiger partial charge on any atom is -0.396 e. The summed E-state index contributed by atoms with van der Waals surface area (Å²) in [5, 5.41) is 9.00. The fourth-order valence-corrected chi connectivity index (χ4v) is 1.12. The number of hydrogen-bond donors (Lipinski definition) is 2. The molecule has 4 nitrogen and oxygen atoms in total. The second-order valence-corrected chi connectivity index (χ2v) is 2.90. The van der Waals surface area contributed by atoms with Crippen LogP contribution in [-0.2, 0) is 6.42 Å². The molecule has 72 valence electrons. The van der Waals surface area contributed by atoms with Crippen LogP contribution in [-0.4, -0.2) is 28.2 Å². The van der Waals surface area contributed by atoms with Crippen LogP contribution < -0.4 is 5.73 Å². The summed E-state index contributed by atoms with van der Waals surface area (Å²) in [6.07, 6.45) is 2.39. The molecule has 0 aliphatic rings. The van der Waals surface area contributed by atoms with Crippen molar-refractivity contribution < 1.29 is 5.11 Å². The number of aliphatic hydroxyl groups excluding tert-OH is 1. The minimum absolute atomic E-state index is 0.0384. The maximum atomic E-state index is 9.00. The van der Waals surface area contributed by atoms with E-state index >= 15 is 0 Å². The predicted molar refractivity (Wildman–Crippen MR) is 50.3 cm³/mol. The molecule has 1 rings (SSSR count). The van der Waals surface area contributed by atoms with Crippen LogP contribution in [0.15, 0.2) is 12.4 Å². The van der Waals surface area contributed by atoms with E-state index in [4.69, 9.17) is 10.8 Å². The summed E-state index contributed by atoms with van der Waals surface area (Å²) in [5.41, 5.74) is 7.30. The van der Waals surface area contributed by atoms with Gasteiger partial charge in [-0.3, -0.25) is 0 Å². The highest BCUT2D eigenvalue weighted by Crippen LogP contribution is 2.11. The molecule has 0 saturated heterocycles. The lowest BCUT2D eigenvalue weighted by Crippen LogP contribution is -2.17. The Kier molecular flexibility index (Phi) is 3.79. The Morgan fingerprint density at radius 3 is 2.85 bits per heavy atom. The van der Waals surface area contributed by atoms with E-state index in [1.54, 1.807) is 0 Å². The molecule has 0 spiro atoms. The highest BCUT2D eigenvalue weighted by molar-refractivity contribution is 5.13. The second kappa shape index (κ2) is 4.89. The number of aromatic nitrogens is 2. The summed E-state index contributed by atoms with van der Waals surface area (Å²) in [6, 6.07) is 1.90. The van der Waals surface area contributed by atoms with E-state index in [0.29, 0.717) is 6.54 Å². The number of rotatable bonds is 4. The van der Waals surface area contributed by atoms with Gasteiger partial charge in [0, 0.05) is 18.2 Å². The van der Waals surface area contributed by atoms with Crippen LogP contribution >= 0.6 is 0 Å². The quantitative estimate of drug-likeness (QED) is 0.689. The summed E-state index contributed by atoms with van der Waals surface area (Å²) in [5.74, 6) is -0.0618. The largest absolute Gasteiger partial charge is 0.396 e. The average Bonchev–Trinajstić information content (AvgIpc) is 2.20. The monoisotopic (exact) mass is 181 g/mol. The molecular weight excluding hydrogens is 166 g/mol. The molecule has 1 atom stereocenters. The molecule has 1 aromatic rings. The Balaban J connectivity index is 2.86. The molecule has 4 heteroatoms. The first kappa shape index (κ1) is 10.1. The fraction of sp³-hybridized carbons (Fsp3) is 0.556. The molecule has 0 aromatic carbocycles. The van der Waals surface area contributed by atoms with Crippen molar-refractivity contribution in [2.24, 2.45) is 5.73 Å². The first-order valence-electron chi connectivity index (χ1n) is 4.43. The van der Waals surface area contributed by atoms with Gasteiger partial charge in [0.1, 0.15) is 6.33 Å². The van der Waals surface area contributed by atoms with Gasteiger partial charge in [0.05, 0.1) is 12.3 Å². The third-order valence-corrected chi connectivity index (χ3v) is 2.03. The maximum absolute atomic E-state index is 9.00. The van der Waals surface area contributed by atoms with Crippen LogP contribution in [0.5, 0.6) is 0 Å². The van der Waals surface area contributed by atoms with E-state index in [-0.39, 0.29) is 12.5 Å². The Bertz CT molecular complexity index is 261. The van der Waals surface area contributed by atoms with Gasteiger partial charge in [0.25, 0.3) is 0 Å². The summed E-state index contributed by atoms with van der Waals surface area (Å²) < 4.78 is 0. The molecule has 0 amide bonds. The van der Waals surface area contributed by atoms with Crippen molar-refractivity contribution in [2.45, 2.75) is 19.3 Å². The number of nitrogens with zero attached hydrogens (tertiary/aromatic N) is 2. The van der Waals surface area contributed by atoms with Gasteiger partial charge in [-0.05, 0) is 12.5 Å². The highest BCUT2D eigenvalue weighted by atomic mass is 16.3. The van der Waals surface area contributed by atoms with Crippen molar-refractivity contribution in [3.63, 3.8) is 0 Å². The second-order valence-electron chi connectivity index (χ2n) is 2.90. The van der Waals surface area contributed by atoms with Gasteiger partial charge < -0.3 is 10.8 Å². The van der Waals surface area contributed by atoms with Gasteiger partial charge in [-0.25, -0.2) is 9.97 Å². The zero-order chi connectivity index (χ0) is 9.68. The fourth-order valence-electron chi connectivity index (χ4n) is 1.12. The highest BCUT2D eigenvalue weighted by Gasteiger charge is 2.09. The molecule has 0 aliphatic carbocycles. The Labute approximate surface area is 77.8 Å². The van der Waals surface area contributed by atoms with Gasteiger partial charge in [-0.2, -0.15) is 0 Å². The minimum atomic E-state index is -0.0618. The molecule has 1 heterocycles. The first-order valence-corrected chi connectivity index (χ1v) is 4.43. The van der Waals surface area contributed by atoms with E-state index in [9.17, 15) is 0 Å². The smallest absolute Gasteiger partial charge is 0.115 e. The average molecular weight is 181 g/mol. The molecule has 0 radical (unpaired) electrons. The third kappa shape index (κ3) is 2.47. The summed E-state index contributed by atoms with van der Waals surface area (Å²) in [4.78, 5) is 8.15. The molecule has 0 aliphatic heterocycles. The van der Waals surface area contributed by atoms with Crippen LogP contribution in [0.4, 0.5) is 0 Å². The molecule has 0 bridgehead atoms. The van der Waals surface area contributed by atoms with Crippen LogP contribution in [0.1, 0.15) is 24.2 Å². The Morgan fingerprint density at radius 2 is 2.31 bits per heavy atom. The third-order valence-electron chi connectivity index (χ3n) is 2.03. The van der Waals surface area contributed by atoms with Gasteiger partial charge in [-0.1, -0.05) is 6.92 Å². The van der Waals surface area contributed by atoms with Crippen molar-refractivity contribution in [1.82, 2.24) is 9.97 Å².